The number of hydrogen-bond donors (Lipinski definition) is 1. The molecule has 2 unspecified atom stereocenters. The smallest absolute Gasteiger partial charge is 0.0637 e. The zero-order chi connectivity index (χ0) is 11.7. The molecule has 2 aliphatic carbocycles. The molecule has 1 saturated carbocycles. The van der Waals surface area contributed by atoms with E-state index in [1.165, 1.54) is 43.2 Å². The van der Waals surface area contributed by atoms with Crippen molar-refractivity contribution in [2.45, 2.75) is 57.0 Å². The average Bonchev–Trinajstić information content (AvgIpc) is 2.83. The van der Waals surface area contributed by atoms with Gasteiger partial charge in [0.05, 0.1) is 6.10 Å². The molecular weight excluding hydrogens is 208 g/mol. The van der Waals surface area contributed by atoms with Crippen LogP contribution < -0.4 is 0 Å². The van der Waals surface area contributed by atoms with Gasteiger partial charge < -0.3 is 5.11 Å². The first-order valence-corrected chi connectivity index (χ1v) is 7.12. The SMILES string of the molecule is OC(C1CCCCC1)C1CCc2ccccc21. The lowest BCUT2D eigenvalue weighted by atomic mass is 9.79. The van der Waals surface area contributed by atoms with Crippen LogP contribution in [0.5, 0.6) is 0 Å². The van der Waals surface area contributed by atoms with Crippen LogP contribution in [0.25, 0.3) is 0 Å². The Morgan fingerprint density at radius 1 is 1.00 bits per heavy atom. The average molecular weight is 230 g/mol. The van der Waals surface area contributed by atoms with Crippen LogP contribution >= 0.6 is 0 Å². The highest BCUT2D eigenvalue weighted by Gasteiger charge is 2.33. The fourth-order valence-electron chi connectivity index (χ4n) is 3.75. The summed E-state index contributed by atoms with van der Waals surface area (Å²) >= 11 is 0. The van der Waals surface area contributed by atoms with E-state index in [-0.39, 0.29) is 6.10 Å². The van der Waals surface area contributed by atoms with Gasteiger partial charge >= 0.3 is 0 Å². The summed E-state index contributed by atoms with van der Waals surface area (Å²) < 4.78 is 0. The molecule has 0 aliphatic heterocycles. The summed E-state index contributed by atoms with van der Waals surface area (Å²) in [6, 6.07) is 8.68. The van der Waals surface area contributed by atoms with Crippen molar-refractivity contribution in [3.63, 3.8) is 0 Å². The first-order chi connectivity index (χ1) is 8.36. The summed E-state index contributed by atoms with van der Waals surface area (Å²) in [6.07, 6.45) is 8.68. The molecule has 0 radical (unpaired) electrons. The molecule has 0 saturated heterocycles. The van der Waals surface area contributed by atoms with Crippen LogP contribution in [0.15, 0.2) is 24.3 Å². The number of aryl methyl sites for hydroxylation is 1. The van der Waals surface area contributed by atoms with Gasteiger partial charge in [0.2, 0.25) is 0 Å². The van der Waals surface area contributed by atoms with E-state index < -0.39 is 0 Å². The number of aliphatic hydroxyl groups is 1. The molecule has 1 aromatic carbocycles. The maximum Gasteiger partial charge on any atom is 0.0637 e. The topological polar surface area (TPSA) is 20.2 Å². The Bertz CT molecular complexity index is 379. The molecule has 2 atom stereocenters. The Labute approximate surface area is 104 Å². The molecule has 0 spiro atoms. The van der Waals surface area contributed by atoms with E-state index in [0.717, 1.165) is 12.8 Å². The highest BCUT2D eigenvalue weighted by atomic mass is 16.3. The fraction of sp³-hybridized carbons (Fsp3) is 0.625. The molecule has 3 rings (SSSR count). The highest BCUT2D eigenvalue weighted by Crippen LogP contribution is 2.40. The van der Waals surface area contributed by atoms with E-state index >= 15 is 0 Å². The summed E-state index contributed by atoms with van der Waals surface area (Å²) in [5, 5.41) is 10.6. The Balaban J connectivity index is 1.76. The molecule has 1 N–H and O–H groups in total. The molecule has 1 aromatic rings. The van der Waals surface area contributed by atoms with Gasteiger partial charge in [-0.1, -0.05) is 43.5 Å². The Morgan fingerprint density at radius 3 is 2.59 bits per heavy atom. The number of aliphatic hydroxyl groups excluding tert-OH is 1. The predicted molar refractivity (Wildman–Crippen MR) is 70.1 cm³/mol. The molecule has 1 fully saturated rings. The van der Waals surface area contributed by atoms with Crippen LogP contribution in [0, 0.1) is 5.92 Å². The van der Waals surface area contributed by atoms with Crippen molar-refractivity contribution in [3.05, 3.63) is 35.4 Å². The standard InChI is InChI=1S/C16H22O/c17-16(13-7-2-1-3-8-13)15-11-10-12-6-4-5-9-14(12)15/h4-6,9,13,15-17H,1-3,7-8,10-11H2. The Hall–Kier alpha value is -0.820. The summed E-state index contributed by atoms with van der Waals surface area (Å²) in [5.41, 5.74) is 2.89. The summed E-state index contributed by atoms with van der Waals surface area (Å²) in [7, 11) is 0. The summed E-state index contributed by atoms with van der Waals surface area (Å²) in [6.45, 7) is 0. The van der Waals surface area contributed by atoms with Gasteiger partial charge in [-0.3, -0.25) is 0 Å². The van der Waals surface area contributed by atoms with Crippen LogP contribution in [0.4, 0.5) is 0 Å². The predicted octanol–water partition coefficient (Wildman–Crippen LogP) is 3.66. The lowest BCUT2D eigenvalue weighted by molar-refractivity contribution is 0.0605. The van der Waals surface area contributed by atoms with Crippen LogP contribution in [0.2, 0.25) is 0 Å². The van der Waals surface area contributed by atoms with Crippen molar-refractivity contribution in [1.29, 1.82) is 0 Å². The molecule has 0 heterocycles. The van der Waals surface area contributed by atoms with Gasteiger partial charge in [-0.15, -0.1) is 0 Å². The molecule has 1 nitrogen and oxygen atoms in total. The van der Waals surface area contributed by atoms with Gasteiger partial charge in [0, 0.05) is 5.92 Å². The fourth-order valence-corrected chi connectivity index (χ4v) is 3.75. The monoisotopic (exact) mass is 230 g/mol. The van der Waals surface area contributed by atoms with Crippen LogP contribution in [0.3, 0.4) is 0 Å². The van der Waals surface area contributed by atoms with Crippen molar-refractivity contribution >= 4 is 0 Å². The third-order valence-corrected chi connectivity index (χ3v) is 4.72. The number of fused-ring (bicyclic) bond motifs is 1. The summed E-state index contributed by atoms with van der Waals surface area (Å²) in [5.74, 6) is 0.967. The lowest BCUT2D eigenvalue weighted by Gasteiger charge is -2.30. The first-order valence-electron chi connectivity index (χ1n) is 7.12. The van der Waals surface area contributed by atoms with E-state index in [4.69, 9.17) is 0 Å². The quantitative estimate of drug-likeness (QED) is 0.822. The molecule has 2 aliphatic rings. The minimum absolute atomic E-state index is 0.0982. The molecular formula is C16H22O. The van der Waals surface area contributed by atoms with E-state index in [9.17, 15) is 5.11 Å². The van der Waals surface area contributed by atoms with Crippen molar-refractivity contribution in [1.82, 2.24) is 0 Å². The van der Waals surface area contributed by atoms with Crippen molar-refractivity contribution in [2.75, 3.05) is 0 Å². The number of hydrogen-bond acceptors (Lipinski definition) is 1. The van der Waals surface area contributed by atoms with Gasteiger partial charge in [0.15, 0.2) is 0 Å². The van der Waals surface area contributed by atoms with Crippen LogP contribution in [-0.2, 0) is 6.42 Å². The molecule has 17 heavy (non-hydrogen) atoms. The molecule has 1 heteroatoms. The minimum atomic E-state index is -0.0982. The first kappa shape index (κ1) is 11.3. The van der Waals surface area contributed by atoms with Crippen molar-refractivity contribution in [3.8, 4) is 0 Å². The highest BCUT2D eigenvalue weighted by molar-refractivity contribution is 5.35. The normalized spacial score (nSPS) is 26.8. The van der Waals surface area contributed by atoms with Crippen molar-refractivity contribution < 1.29 is 5.11 Å². The van der Waals surface area contributed by atoms with E-state index in [1.54, 1.807) is 0 Å². The van der Waals surface area contributed by atoms with E-state index in [1.807, 2.05) is 0 Å². The maximum absolute atomic E-state index is 10.6. The Morgan fingerprint density at radius 2 is 1.76 bits per heavy atom. The van der Waals surface area contributed by atoms with Gasteiger partial charge in [0.25, 0.3) is 0 Å². The molecule has 92 valence electrons. The maximum atomic E-state index is 10.6. The minimum Gasteiger partial charge on any atom is -0.392 e. The van der Waals surface area contributed by atoms with Crippen molar-refractivity contribution in [2.24, 2.45) is 5.92 Å². The third-order valence-electron chi connectivity index (χ3n) is 4.72. The Kier molecular flexibility index (Phi) is 3.19. The summed E-state index contributed by atoms with van der Waals surface area (Å²) in [4.78, 5) is 0. The molecule has 0 bridgehead atoms. The van der Waals surface area contributed by atoms with Crippen LogP contribution in [-0.4, -0.2) is 11.2 Å². The number of rotatable bonds is 2. The van der Waals surface area contributed by atoms with E-state index in [2.05, 4.69) is 24.3 Å². The van der Waals surface area contributed by atoms with Gasteiger partial charge in [0.1, 0.15) is 0 Å². The largest absolute Gasteiger partial charge is 0.392 e. The second-order valence-corrected chi connectivity index (χ2v) is 5.73. The lowest BCUT2D eigenvalue weighted by Crippen LogP contribution is -2.28. The number of benzene rings is 1. The van der Waals surface area contributed by atoms with E-state index in [0.29, 0.717) is 11.8 Å². The zero-order valence-corrected chi connectivity index (χ0v) is 10.4. The molecule has 0 amide bonds. The van der Waals surface area contributed by atoms with Gasteiger partial charge in [-0.05, 0) is 42.7 Å². The second-order valence-electron chi connectivity index (χ2n) is 5.73. The second kappa shape index (κ2) is 4.81. The molecule has 0 aromatic heterocycles. The van der Waals surface area contributed by atoms with Gasteiger partial charge in [-0.25, -0.2) is 0 Å². The zero-order valence-electron chi connectivity index (χ0n) is 10.4. The van der Waals surface area contributed by atoms with Gasteiger partial charge in [-0.2, -0.15) is 0 Å². The van der Waals surface area contributed by atoms with Crippen LogP contribution in [0.1, 0.15) is 55.6 Å². The third kappa shape index (κ3) is 2.13.